The number of anilines is 1. The van der Waals surface area contributed by atoms with Crippen molar-refractivity contribution in [2.24, 2.45) is 0 Å². The first-order valence-electron chi connectivity index (χ1n) is 8.71. The lowest BCUT2D eigenvalue weighted by Gasteiger charge is -2.19. The molecule has 3 rings (SSSR count). The topological polar surface area (TPSA) is 68.8 Å². The maximum absolute atomic E-state index is 12.2. The van der Waals surface area contributed by atoms with Gasteiger partial charge >= 0.3 is 6.03 Å². The van der Waals surface area contributed by atoms with Gasteiger partial charge in [-0.3, -0.25) is 0 Å². The highest BCUT2D eigenvalue weighted by Gasteiger charge is 2.29. The van der Waals surface area contributed by atoms with Crippen LogP contribution in [0.5, 0.6) is 5.75 Å². The highest BCUT2D eigenvalue weighted by molar-refractivity contribution is 5.89. The van der Waals surface area contributed by atoms with Crippen LogP contribution in [0.2, 0.25) is 0 Å². The summed E-state index contributed by atoms with van der Waals surface area (Å²) in [5, 5.41) is 5.75. The number of hydrogen-bond donors (Lipinski definition) is 2. The highest BCUT2D eigenvalue weighted by atomic mass is 16.5. The fourth-order valence-corrected chi connectivity index (χ4v) is 2.93. The van der Waals surface area contributed by atoms with Crippen LogP contribution in [-0.4, -0.2) is 45.1 Å². The van der Waals surface area contributed by atoms with Gasteiger partial charge in [0.05, 0.1) is 26.4 Å². The monoisotopic (exact) mass is 356 g/mol. The molecule has 0 radical (unpaired) electrons. The molecule has 6 nitrogen and oxygen atoms in total. The molecule has 0 aromatic heterocycles. The van der Waals surface area contributed by atoms with E-state index in [2.05, 4.69) is 10.6 Å². The van der Waals surface area contributed by atoms with Crippen molar-refractivity contribution in [1.29, 1.82) is 0 Å². The molecule has 0 saturated carbocycles. The zero-order chi connectivity index (χ0) is 18.4. The molecular weight excluding hydrogens is 332 g/mol. The Labute approximate surface area is 153 Å². The minimum Gasteiger partial charge on any atom is -0.497 e. The number of nitrogens with one attached hydrogen (secondary N) is 2. The molecule has 2 N–H and O–H groups in total. The maximum Gasteiger partial charge on any atom is 0.319 e. The number of carbonyl (C=O) groups excluding carboxylic acids is 1. The Balaban J connectivity index is 1.59. The number of urea groups is 1. The molecule has 2 aromatic rings. The number of methoxy groups -OCH3 is 1. The number of hydrogen-bond acceptors (Lipinski definition) is 4. The minimum absolute atomic E-state index is 0.0961. The second-order valence-corrected chi connectivity index (χ2v) is 6.05. The van der Waals surface area contributed by atoms with Gasteiger partial charge in [0.2, 0.25) is 0 Å². The summed E-state index contributed by atoms with van der Waals surface area (Å²) in [6.45, 7) is 3.50. The number of carbonyl (C=O) groups is 1. The van der Waals surface area contributed by atoms with Crippen LogP contribution >= 0.6 is 0 Å². The van der Waals surface area contributed by atoms with Gasteiger partial charge < -0.3 is 24.8 Å². The summed E-state index contributed by atoms with van der Waals surface area (Å²) in [7, 11) is 1.65. The molecule has 1 saturated heterocycles. The minimum atomic E-state index is -0.265. The highest BCUT2D eigenvalue weighted by Crippen LogP contribution is 2.25. The normalized spacial score (nSPS) is 19.2. The summed E-state index contributed by atoms with van der Waals surface area (Å²) in [5.74, 6) is 0.812. The molecule has 138 valence electrons. The van der Waals surface area contributed by atoms with E-state index in [9.17, 15) is 4.79 Å². The molecule has 1 aliphatic heterocycles. The lowest BCUT2D eigenvalue weighted by molar-refractivity contribution is 0.0428. The van der Waals surface area contributed by atoms with Crippen molar-refractivity contribution >= 4 is 11.7 Å². The second-order valence-electron chi connectivity index (χ2n) is 6.05. The predicted octanol–water partition coefficient (Wildman–Crippen LogP) is 3.29. The Morgan fingerprint density at radius 3 is 2.69 bits per heavy atom. The van der Waals surface area contributed by atoms with E-state index in [1.807, 2.05) is 55.5 Å². The third-order valence-corrected chi connectivity index (χ3v) is 4.27. The van der Waals surface area contributed by atoms with Gasteiger partial charge in [0.15, 0.2) is 0 Å². The molecule has 0 bridgehead atoms. The zero-order valence-electron chi connectivity index (χ0n) is 15.0. The van der Waals surface area contributed by atoms with Crippen molar-refractivity contribution in [3.8, 4) is 16.9 Å². The summed E-state index contributed by atoms with van der Waals surface area (Å²) >= 11 is 0. The third-order valence-electron chi connectivity index (χ3n) is 4.27. The Hall–Kier alpha value is -2.57. The summed E-state index contributed by atoms with van der Waals surface area (Å²) in [6.07, 6.45) is -0.0961. The van der Waals surface area contributed by atoms with Gasteiger partial charge in [-0.25, -0.2) is 4.79 Å². The summed E-state index contributed by atoms with van der Waals surface area (Å²) < 4.78 is 16.2. The number of amides is 2. The zero-order valence-corrected chi connectivity index (χ0v) is 15.0. The van der Waals surface area contributed by atoms with Crippen LogP contribution in [0, 0.1) is 0 Å². The first-order chi connectivity index (χ1) is 12.7. The van der Waals surface area contributed by atoms with Crippen molar-refractivity contribution in [3.05, 3.63) is 48.5 Å². The average Bonchev–Trinajstić information content (AvgIpc) is 3.09. The molecule has 0 aliphatic carbocycles. The van der Waals surface area contributed by atoms with Gasteiger partial charge in [-0.2, -0.15) is 0 Å². The molecule has 26 heavy (non-hydrogen) atoms. The van der Waals surface area contributed by atoms with E-state index in [1.54, 1.807) is 7.11 Å². The van der Waals surface area contributed by atoms with E-state index in [0.29, 0.717) is 19.8 Å². The van der Waals surface area contributed by atoms with Crippen LogP contribution in [-0.2, 0) is 9.47 Å². The van der Waals surface area contributed by atoms with E-state index in [4.69, 9.17) is 14.2 Å². The molecule has 1 fully saturated rings. The molecule has 1 heterocycles. The van der Waals surface area contributed by atoms with Crippen molar-refractivity contribution < 1.29 is 19.0 Å². The maximum atomic E-state index is 12.2. The second kappa shape index (κ2) is 8.69. The van der Waals surface area contributed by atoms with Crippen LogP contribution in [0.15, 0.2) is 48.5 Å². The van der Waals surface area contributed by atoms with Gasteiger partial charge in [0.25, 0.3) is 0 Å². The van der Waals surface area contributed by atoms with Gasteiger partial charge in [0, 0.05) is 12.3 Å². The molecular formula is C20H24N2O4. The van der Waals surface area contributed by atoms with Crippen LogP contribution in [0.3, 0.4) is 0 Å². The van der Waals surface area contributed by atoms with E-state index in [-0.39, 0.29) is 18.2 Å². The molecule has 2 atom stereocenters. The molecule has 6 heteroatoms. The molecule has 2 amide bonds. The average molecular weight is 356 g/mol. The number of ether oxygens (including phenoxy) is 3. The van der Waals surface area contributed by atoms with Crippen molar-refractivity contribution in [3.63, 3.8) is 0 Å². The van der Waals surface area contributed by atoms with Gasteiger partial charge in [-0.05, 0) is 42.3 Å². The van der Waals surface area contributed by atoms with Crippen molar-refractivity contribution in [1.82, 2.24) is 5.32 Å². The standard InChI is InChI=1S/C20H24N2O4/c1-3-26-19-13-25-12-18(19)22-20(23)21-16-9-7-14(8-10-16)15-5-4-6-17(11-15)24-2/h4-11,18-19H,3,12-13H2,1-2H3,(H2,21,22,23)/t18-,19-/m0/s1. The Kier molecular flexibility index (Phi) is 6.09. The van der Waals surface area contributed by atoms with Crippen molar-refractivity contribution in [2.45, 2.75) is 19.1 Å². The molecule has 2 aromatic carbocycles. The van der Waals surface area contributed by atoms with E-state index in [1.165, 1.54) is 0 Å². The Morgan fingerprint density at radius 1 is 1.15 bits per heavy atom. The van der Waals surface area contributed by atoms with E-state index < -0.39 is 0 Å². The quantitative estimate of drug-likeness (QED) is 0.833. The third kappa shape index (κ3) is 4.53. The van der Waals surface area contributed by atoms with Gasteiger partial charge in [0.1, 0.15) is 11.9 Å². The predicted molar refractivity (Wildman–Crippen MR) is 101 cm³/mol. The van der Waals surface area contributed by atoms with Gasteiger partial charge in [-0.15, -0.1) is 0 Å². The SMILES string of the molecule is CCO[C@H]1COC[C@@H]1NC(=O)Nc1ccc(-c2cccc(OC)c2)cc1. The summed E-state index contributed by atoms with van der Waals surface area (Å²) in [4.78, 5) is 12.2. The van der Waals surface area contributed by atoms with E-state index >= 15 is 0 Å². The van der Waals surface area contributed by atoms with Crippen molar-refractivity contribution in [2.75, 3.05) is 32.2 Å². The fourth-order valence-electron chi connectivity index (χ4n) is 2.93. The number of benzene rings is 2. The summed E-state index contributed by atoms with van der Waals surface area (Å²) in [5.41, 5.74) is 2.83. The fraction of sp³-hybridized carbons (Fsp3) is 0.350. The smallest absolute Gasteiger partial charge is 0.319 e. The Bertz CT molecular complexity index is 733. The summed E-state index contributed by atoms with van der Waals surface area (Å²) in [6, 6.07) is 15.1. The molecule has 0 spiro atoms. The van der Waals surface area contributed by atoms with Crippen LogP contribution in [0.1, 0.15) is 6.92 Å². The van der Waals surface area contributed by atoms with Crippen LogP contribution in [0.4, 0.5) is 10.5 Å². The van der Waals surface area contributed by atoms with Gasteiger partial charge in [-0.1, -0.05) is 24.3 Å². The largest absolute Gasteiger partial charge is 0.497 e. The molecule has 1 aliphatic rings. The first kappa shape index (κ1) is 18.2. The molecule has 0 unspecified atom stereocenters. The van der Waals surface area contributed by atoms with Crippen LogP contribution in [0.25, 0.3) is 11.1 Å². The first-order valence-corrected chi connectivity index (χ1v) is 8.71. The van der Waals surface area contributed by atoms with E-state index in [0.717, 1.165) is 22.6 Å². The van der Waals surface area contributed by atoms with Crippen LogP contribution < -0.4 is 15.4 Å². The lowest BCUT2D eigenvalue weighted by atomic mass is 10.1. The number of rotatable bonds is 6. The Morgan fingerprint density at radius 2 is 1.96 bits per heavy atom. The lowest BCUT2D eigenvalue weighted by Crippen LogP contribution is -2.45.